The van der Waals surface area contributed by atoms with Crippen molar-refractivity contribution in [2.24, 2.45) is 5.73 Å². The van der Waals surface area contributed by atoms with Crippen molar-refractivity contribution in [1.29, 1.82) is 0 Å². The molecule has 17 heavy (non-hydrogen) atoms. The van der Waals surface area contributed by atoms with Gasteiger partial charge in [0, 0.05) is 24.2 Å². The van der Waals surface area contributed by atoms with Crippen LogP contribution in [-0.4, -0.2) is 25.4 Å². The zero-order valence-corrected chi connectivity index (χ0v) is 9.55. The van der Waals surface area contributed by atoms with Crippen LogP contribution in [-0.2, 0) is 10.0 Å². The van der Waals surface area contributed by atoms with E-state index in [0.717, 1.165) is 12.1 Å². The van der Waals surface area contributed by atoms with Gasteiger partial charge in [-0.3, -0.25) is 10.1 Å². The summed E-state index contributed by atoms with van der Waals surface area (Å²) < 4.78 is 26.0. The summed E-state index contributed by atoms with van der Waals surface area (Å²) in [4.78, 5) is 9.84. The third kappa shape index (κ3) is 2.60. The summed E-state index contributed by atoms with van der Waals surface area (Å²) in [7, 11) is -3.63. The molecule has 0 heterocycles. The fourth-order valence-corrected chi connectivity index (χ4v) is 2.66. The van der Waals surface area contributed by atoms with E-state index in [9.17, 15) is 18.5 Å². The van der Waals surface area contributed by atoms with E-state index < -0.39 is 14.9 Å². The van der Waals surface area contributed by atoms with Crippen molar-refractivity contribution in [2.45, 2.75) is 23.4 Å². The lowest BCUT2D eigenvalue weighted by molar-refractivity contribution is -0.384. The van der Waals surface area contributed by atoms with Gasteiger partial charge < -0.3 is 5.73 Å². The van der Waals surface area contributed by atoms with Crippen LogP contribution in [0.3, 0.4) is 0 Å². The lowest BCUT2D eigenvalue weighted by Gasteiger charge is -2.05. The van der Waals surface area contributed by atoms with Gasteiger partial charge in [-0.2, -0.15) is 0 Å². The van der Waals surface area contributed by atoms with Gasteiger partial charge in [-0.25, -0.2) is 13.1 Å². The number of nitrogens with zero attached hydrogens (tertiary/aromatic N) is 1. The molecule has 7 nitrogen and oxygen atoms in total. The van der Waals surface area contributed by atoms with Gasteiger partial charge in [0.2, 0.25) is 10.0 Å². The Bertz CT molecular complexity index is 540. The molecule has 3 N–H and O–H groups in total. The Hall–Kier alpha value is -1.51. The summed E-state index contributed by atoms with van der Waals surface area (Å²) in [6, 6.07) is 4.35. The number of nitro groups is 1. The molecule has 8 heteroatoms. The van der Waals surface area contributed by atoms with Gasteiger partial charge in [0.1, 0.15) is 0 Å². The molecule has 1 fully saturated rings. The number of nitrogens with one attached hydrogen (secondary N) is 1. The van der Waals surface area contributed by atoms with Crippen LogP contribution < -0.4 is 10.5 Å². The highest BCUT2D eigenvalue weighted by Crippen LogP contribution is 2.22. The van der Waals surface area contributed by atoms with E-state index in [1.807, 2.05) is 0 Å². The van der Waals surface area contributed by atoms with Crippen LogP contribution in [0.4, 0.5) is 5.69 Å². The van der Waals surface area contributed by atoms with Crippen LogP contribution in [0.2, 0.25) is 0 Å². The molecular formula is C9H11N3O4S. The van der Waals surface area contributed by atoms with E-state index >= 15 is 0 Å². The van der Waals surface area contributed by atoms with Crippen molar-refractivity contribution >= 4 is 15.7 Å². The van der Waals surface area contributed by atoms with E-state index in [2.05, 4.69) is 4.72 Å². The highest BCUT2D eigenvalue weighted by atomic mass is 32.2. The van der Waals surface area contributed by atoms with Crippen molar-refractivity contribution in [1.82, 2.24) is 4.72 Å². The molecule has 2 rings (SSSR count). The van der Waals surface area contributed by atoms with Gasteiger partial charge in [-0.1, -0.05) is 0 Å². The number of hydrogen-bond acceptors (Lipinski definition) is 5. The first-order valence-corrected chi connectivity index (χ1v) is 6.41. The third-order valence-corrected chi connectivity index (χ3v) is 4.01. The molecular weight excluding hydrogens is 246 g/mol. The molecule has 1 aromatic rings. The molecule has 0 radical (unpaired) electrons. The second-order valence-electron chi connectivity index (χ2n) is 3.88. The third-order valence-electron chi connectivity index (χ3n) is 2.50. The van der Waals surface area contributed by atoms with E-state index in [1.165, 1.54) is 12.1 Å². The number of sulfonamides is 1. The number of rotatable bonds is 4. The standard InChI is InChI=1S/C9H11N3O4S/c10-8-5-9(8)11-17(15,16)7-3-1-6(2-4-7)12(13)14/h1-4,8-9,11H,5,10H2/t8-,9+/m0/s1. The van der Waals surface area contributed by atoms with Gasteiger partial charge in [0.15, 0.2) is 0 Å². The molecule has 0 aromatic heterocycles. The Balaban J connectivity index is 2.18. The number of hydrogen-bond donors (Lipinski definition) is 2. The Morgan fingerprint density at radius 3 is 2.29 bits per heavy atom. The molecule has 0 amide bonds. The van der Waals surface area contributed by atoms with Crippen molar-refractivity contribution in [3.8, 4) is 0 Å². The second-order valence-corrected chi connectivity index (χ2v) is 5.59. The van der Waals surface area contributed by atoms with Gasteiger partial charge in [0.25, 0.3) is 5.69 Å². The number of nitrogens with two attached hydrogens (primary N) is 1. The summed E-state index contributed by atoms with van der Waals surface area (Å²) in [6.07, 6.45) is 0.617. The molecule has 0 saturated heterocycles. The molecule has 0 unspecified atom stereocenters. The van der Waals surface area contributed by atoms with Crippen LogP contribution in [0.5, 0.6) is 0 Å². The summed E-state index contributed by atoms with van der Waals surface area (Å²) in [5.74, 6) is 0. The van der Waals surface area contributed by atoms with Crippen molar-refractivity contribution < 1.29 is 13.3 Å². The molecule has 1 aromatic carbocycles. The maximum atomic E-state index is 11.8. The summed E-state index contributed by atoms with van der Waals surface area (Å²) >= 11 is 0. The van der Waals surface area contributed by atoms with E-state index in [0.29, 0.717) is 6.42 Å². The van der Waals surface area contributed by atoms with Crippen LogP contribution in [0.15, 0.2) is 29.2 Å². The highest BCUT2D eigenvalue weighted by molar-refractivity contribution is 7.89. The molecule has 1 aliphatic carbocycles. The second kappa shape index (κ2) is 4.06. The maximum Gasteiger partial charge on any atom is 0.269 e. The Morgan fingerprint density at radius 2 is 1.88 bits per heavy atom. The molecule has 2 atom stereocenters. The van der Waals surface area contributed by atoms with Gasteiger partial charge in [-0.05, 0) is 18.6 Å². The van der Waals surface area contributed by atoms with Crippen molar-refractivity contribution in [3.63, 3.8) is 0 Å². The highest BCUT2D eigenvalue weighted by Gasteiger charge is 2.37. The van der Waals surface area contributed by atoms with Crippen LogP contribution in [0, 0.1) is 10.1 Å². The van der Waals surface area contributed by atoms with E-state index in [-0.39, 0.29) is 22.7 Å². The number of non-ortho nitro benzene ring substituents is 1. The molecule has 92 valence electrons. The van der Waals surface area contributed by atoms with Crippen LogP contribution >= 0.6 is 0 Å². The molecule has 0 spiro atoms. The average Bonchev–Trinajstić information content (AvgIpc) is 2.93. The molecule has 1 aliphatic rings. The SMILES string of the molecule is N[C@H]1C[C@H]1NS(=O)(=O)c1ccc([N+](=O)[O-])cc1. The minimum Gasteiger partial charge on any atom is -0.326 e. The summed E-state index contributed by atoms with van der Waals surface area (Å²) in [6.45, 7) is 0. The molecule has 0 bridgehead atoms. The minimum absolute atomic E-state index is 0.00204. The van der Waals surface area contributed by atoms with Gasteiger partial charge in [-0.15, -0.1) is 0 Å². The van der Waals surface area contributed by atoms with Crippen molar-refractivity contribution in [2.75, 3.05) is 0 Å². The number of nitro benzene ring substituents is 1. The van der Waals surface area contributed by atoms with E-state index in [1.54, 1.807) is 0 Å². The fraction of sp³-hybridized carbons (Fsp3) is 0.333. The lowest BCUT2D eigenvalue weighted by atomic mass is 10.3. The first-order chi connectivity index (χ1) is 7.90. The quantitative estimate of drug-likeness (QED) is 0.580. The Morgan fingerprint density at radius 1 is 1.35 bits per heavy atom. The van der Waals surface area contributed by atoms with Gasteiger partial charge in [0.05, 0.1) is 9.82 Å². The number of benzene rings is 1. The van der Waals surface area contributed by atoms with E-state index in [4.69, 9.17) is 5.73 Å². The normalized spacial score (nSPS) is 23.4. The van der Waals surface area contributed by atoms with Crippen LogP contribution in [0.25, 0.3) is 0 Å². The monoisotopic (exact) mass is 257 g/mol. The zero-order valence-electron chi connectivity index (χ0n) is 8.74. The summed E-state index contributed by atoms with van der Waals surface area (Å²) in [5, 5.41) is 10.4. The van der Waals surface area contributed by atoms with Gasteiger partial charge >= 0.3 is 0 Å². The Kier molecular flexibility index (Phi) is 2.86. The predicted octanol–water partition coefficient (Wildman–Crippen LogP) is -0.0273. The van der Waals surface area contributed by atoms with Crippen molar-refractivity contribution in [3.05, 3.63) is 34.4 Å². The first kappa shape index (κ1) is 12.0. The Labute approximate surface area is 97.8 Å². The smallest absolute Gasteiger partial charge is 0.269 e. The minimum atomic E-state index is -3.63. The maximum absolute atomic E-state index is 11.8. The predicted molar refractivity (Wildman–Crippen MR) is 59.8 cm³/mol. The largest absolute Gasteiger partial charge is 0.326 e. The van der Waals surface area contributed by atoms with Crippen LogP contribution in [0.1, 0.15) is 6.42 Å². The molecule has 1 saturated carbocycles. The summed E-state index contributed by atoms with van der Waals surface area (Å²) in [5.41, 5.74) is 5.35. The lowest BCUT2D eigenvalue weighted by Crippen LogP contribution is -2.29. The topological polar surface area (TPSA) is 115 Å². The zero-order chi connectivity index (χ0) is 12.6. The fourth-order valence-electron chi connectivity index (χ4n) is 1.36. The first-order valence-electron chi connectivity index (χ1n) is 4.92. The average molecular weight is 257 g/mol. The molecule has 0 aliphatic heterocycles.